The Morgan fingerprint density at radius 1 is 0.672 bits per heavy atom. The summed E-state index contributed by atoms with van der Waals surface area (Å²) in [4.78, 5) is 10.8. The van der Waals surface area contributed by atoms with E-state index in [1.165, 1.54) is 0 Å². The van der Waals surface area contributed by atoms with Crippen molar-refractivity contribution in [2.75, 3.05) is 46.5 Å². The van der Waals surface area contributed by atoms with Crippen LogP contribution in [0.25, 0.3) is 0 Å². The van der Waals surface area contributed by atoms with Gasteiger partial charge in [-0.3, -0.25) is 9.93 Å². The van der Waals surface area contributed by atoms with Crippen LogP contribution in [0.1, 0.15) is 119 Å². The van der Waals surface area contributed by atoms with Crippen LogP contribution in [0.15, 0.2) is 90.6 Å². The van der Waals surface area contributed by atoms with Crippen LogP contribution in [0.5, 0.6) is 0 Å². The number of alkyl halides is 3. The maximum Gasteiger partial charge on any atom is 1.00 e. The van der Waals surface area contributed by atoms with E-state index in [1.54, 1.807) is 70.2 Å². The third-order valence-electron chi connectivity index (χ3n) is 6.08. The zero-order valence-electron chi connectivity index (χ0n) is 42.5. The molecule has 0 saturated carbocycles. The van der Waals surface area contributed by atoms with E-state index in [4.69, 9.17) is 25.6 Å². The van der Waals surface area contributed by atoms with Gasteiger partial charge in [0.25, 0.3) is 0 Å². The molecular weight excluding hydrogens is 1170 g/mol. The van der Waals surface area contributed by atoms with Gasteiger partial charge in [0.05, 0.1) is 48.0 Å². The minimum atomic E-state index is -1.44. The Morgan fingerprint density at radius 2 is 1.01 bits per heavy atom. The van der Waals surface area contributed by atoms with Crippen molar-refractivity contribution >= 4 is 101 Å². The summed E-state index contributed by atoms with van der Waals surface area (Å²) in [6.07, 6.45) is 0. The van der Waals surface area contributed by atoms with Crippen LogP contribution >= 0.6 is 47.8 Å². The number of halogens is 6. The summed E-state index contributed by atoms with van der Waals surface area (Å²) in [6.45, 7) is 22.0. The van der Waals surface area contributed by atoms with E-state index in [1.807, 2.05) is 92.6 Å². The van der Waals surface area contributed by atoms with Crippen molar-refractivity contribution < 1.29 is 104 Å². The molecule has 23 heteroatoms. The van der Waals surface area contributed by atoms with Crippen molar-refractivity contribution in [2.45, 2.75) is 110 Å². The van der Waals surface area contributed by atoms with Gasteiger partial charge in [0.1, 0.15) is 24.3 Å². The van der Waals surface area contributed by atoms with Crippen molar-refractivity contribution in [3.05, 3.63) is 103 Å². The first-order valence-corrected chi connectivity index (χ1v) is 25.6. The van der Waals surface area contributed by atoms with Crippen molar-refractivity contribution in [1.82, 2.24) is 4.72 Å². The number of rotatable bonds is 9. The maximum absolute atomic E-state index is 13.0. The summed E-state index contributed by atoms with van der Waals surface area (Å²) in [5, 5.41) is 35.3. The molecule has 3 rings (SSSR count). The van der Waals surface area contributed by atoms with E-state index in [9.17, 15) is 30.6 Å². The standard InChI is InChI=1S/C12H17BrFNOS.C12H15BrFNOS.C8H6BrFO.C4H11NOS.4C2H6O.B.Na.Ti.H/c2*1-12(2,3)17(16)15-11(8-14)9-5-4-6-10(13)7-9;9-7-3-1-2-6(4-7)8(11)5-10;1-4(2,3)7(5)6;4*1-2-3;;;;/h4-7,11,15H,8H2,1-3H3;4-7H,8H2,1-3H3;1-4H,5H2;5H2,1-3H3;4*3H,2H2,1H3;;;;/q;;;;;;;;;+1;;-1/t11?,17-;17-;;7-;;;;;;;;/m11.1......../s1. The molecule has 0 aliphatic rings. The summed E-state index contributed by atoms with van der Waals surface area (Å²) in [6, 6.07) is 20.7. The molecule has 0 aromatic heterocycles. The molecule has 381 valence electrons. The zero-order chi connectivity index (χ0) is 51.3. The average molecular weight is 1250 g/mol. The van der Waals surface area contributed by atoms with E-state index in [0.717, 1.165) is 19.0 Å². The molecule has 0 fully saturated rings. The summed E-state index contributed by atoms with van der Waals surface area (Å²) in [5.41, 5.74) is 2.07. The van der Waals surface area contributed by atoms with Gasteiger partial charge in [0, 0.05) is 81.1 Å². The predicted octanol–water partition coefficient (Wildman–Crippen LogP) is 6.92. The van der Waals surface area contributed by atoms with Crippen molar-refractivity contribution in [1.29, 1.82) is 0 Å². The van der Waals surface area contributed by atoms with Crippen molar-refractivity contribution in [3.8, 4) is 0 Å². The number of Topliss-reactive ketones (excluding diaryl/α,β-unsaturated/α-hetero) is 1. The second kappa shape index (κ2) is 49.8. The quantitative estimate of drug-likeness (QED) is 0.0754. The largest absolute Gasteiger partial charge is 1.00 e. The molecule has 3 aromatic rings. The Bertz CT molecular complexity index is 1790. The Morgan fingerprint density at radius 3 is 1.30 bits per heavy atom. The normalized spacial score (nSPS) is 12.1. The Kier molecular flexibility index (Phi) is 62.5. The molecule has 4 atom stereocenters. The molecule has 11 nitrogen and oxygen atoms in total. The van der Waals surface area contributed by atoms with Gasteiger partial charge in [-0.1, -0.05) is 84.2 Å². The van der Waals surface area contributed by atoms with Gasteiger partial charge in [-0.15, -0.1) is 0 Å². The van der Waals surface area contributed by atoms with Crippen LogP contribution in [0.3, 0.4) is 0 Å². The fourth-order valence-corrected chi connectivity index (χ4v) is 5.67. The SMILES string of the molecule is CC(C)(C)[S@@](=O)N=C(CF)c1cccc(Br)c1.CC(C)(C)[S@@](=O)NC(CF)c1cccc(Br)c1.CC(C)(C)[S@](N)=O.CCO.CCO.CCO.CCO.O=C(CF)c1cccc(Br)c1.[B].[H-].[Na+].[Ti]. The molecular formula is C44H74BBr3F3N3NaO8S3Ti. The number of aliphatic hydroxyl groups excluding tert-OH is 4. The van der Waals surface area contributed by atoms with Crippen LogP contribution in [-0.2, 0) is 54.7 Å². The second-order valence-electron chi connectivity index (χ2n) is 15.0. The van der Waals surface area contributed by atoms with Crippen molar-refractivity contribution in [2.24, 2.45) is 9.54 Å². The van der Waals surface area contributed by atoms with Gasteiger partial charge in [-0.05, 0) is 132 Å². The average Bonchev–Trinajstić information content (AvgIpc) is 3.19. The smallest absolute Gasteiger partial charge is 1.00 e. The minimum Gasteiger partial charge on any atom is -1.00 e. The third-order valence-corrected chi connectivity index (χ3v) is 11.8. The number of benzene rings is 3. The van der Waals surface area contributed by atoms with Crippen LogP contribution < -0.4 is 39.4 Å². The molecule has 0 saturated heterocycles. The molecule has 0 aliphatic carbocycles. The molecule has 0 spiro atoms. The summed E-state index contributed by atoms with van der Waals surface area (Å²) in [5.74, 6) is -0.480. The fourth-order valence-electron chi connectivity index (χ4n) is 3.02. The summed E-state index contributed by atoms with van der Waals surface area (Å²) < 4.78 is 80.1. The van der Waals surface area contributed by atoms with Crippen molar-refractivity contribution in [3.63, 3.8) is 0 Å². The van der Waals surface area contributed by atoms with Gasteiger partial charge < -0.3 is 21.9 Å². The van der Waals surface area contributed by atoms with E-state index < -0.39 is 74.3 Å². The second-order valence-corrected chi connectivity index (χ2v) is 23.5. The minimum absolute atomic E-state index is 0. The number of hydrogen-bond acceptors (Lipinski definition) is 8. The molecule has 0 amide bonds. The summed E-state index contributed by atoms with van der Waals surface area (Å²) >= 11 is 9.84. The molecule has 0 heterocycles. The Hall–Kier alpha value is 0.219. The first-order chi connectivity index (χ1) is 29.5. The van der Waals surface area contributed by atoms with Gasteiger partial charge in [0.2, 0.25) is 0 Å². The molecule has 0 aliphatic heterocycles. The van der Waals surface area contributed by atoms with Crippen LogP contribution in [0.2, 0.25) is 0 Å². The number of nitrogens with zero attached hydrogens (tertiary/aromatic N) is 1. The predicted molar refractivity (Wildman–Crippen MR) is 283 cm³/mol. The molecule has 0 bridgehead atoms. The molecule has 3 aromatic carbocycles. The molecule has 1 unspecified atom stereocenters. The Balaban J connectivity index is -0.0000000911. The molecule has 67 heavy (non-hydrogen) atoms. The van der Waals surface area contributed by atoms with Gasteiger partial charge >= 0.3 is 29.6 Å². The molecule has 7 N–H and O–H groups in total. The zero-order valence-corrected chi connectivity index (χ0v) is 52.2. The number of nitrogens with one attached hydrogen (secondary N) is 1. The molecule has 3 radical (unpaired) electrons. The number of hydrogen-bond donors (Lipinski definition) is 6. The van der Waals surface area contributed by atoms with Crippen LogP contribution in [0, 0.1) is 0 Å². The number of carbonyl (C=O) groups is 1. The van der Waals surface area contributed by atoms with E-state index in [2.05, 4.69) is 56.9 Å². The first-order valence-electron chi connectivity index (χ1n) is 19.8. The van der Waals surface area contributed by atoms with E-state index >= 15 is 0 Å². The topological polar surface area (TPSA) is 200 Å². The number of aliphatic hydroxyl groups is 4. The maximum atomic E-state index is 13.0. The van der Waals surface area contributed by atoms with Crippen LogP contribution in [0.4, 0.5) is 13.2 Å². The van der Waals surface area contributed by atoms with Gasteiger partial charge in [-0.25, -0.2) is 30.5 Å². The third kappa shape index (κ3) is 49.6. The first kappa shape index (κ1) is 84.0. The van der Waals surface area contributed by atoms with E-state index in [-0.39, 0.29) is 98.0 Å². The number of carbonyl (C=O) groups excluding carboxylic acids is 1. The summed E-state index contributed by atoms with van der Waals surface area (Å²) in [7, 11) is -3.90. The number of nitrogens with two attached hydrogens (primary N) is 1. The number of ketones is 1. The fraction of sp³-hybridized carbons (Fsp3) is 0.545. The van der Waals surface area contributed by atoms with E-state index in [0.29, 0.717) is 11.1 Å². The monoisotopic (exact) mass is 1240 g/mol. The van der Waals surface area contributed by atoms with Gasteiger partial charge in [-0.2, -0.15) is 4.40 Å². The van der Waals surface area contributed by atoms with Gasteiger partial charge in [0.15, 0.2) is 12.5 Å². The van der Waals surface area contributed by atoms with Crippen LogP contribution in [-0.4, -0.2) is 114 Å². The Labute approximate surface area is 473 Å².